The summed E-state index contributed by atoms with van der Waals surface area (Å²) in [5.74, 6) is -1.11. The van der Waals surface area contributed by atoms with E-state index in [-0.39, 0.29) is 22.5 Å². The maximum absolute atomic E-state index is 12.8. The van der Waals surface area contributed by atoms with Gasteiger partial charge in [0, 0.05) is 24.0 Å². The number of anilines is 1. The van der Waals surface area contributed by atoms with Gasteiger partial charge in [0.15, 0.2) is 5.65 Å². The van der Waals surface area contributed by atoms with Crippen LogP contribution >= 0.6 is 0 Å². The fraction of sp³-hybridized carbons (Fsp3) is 0.0667. The Kier molecular flexibility index (Phi) is 2.73. The Morgan fingerprint density at radius 1 is 1.25 bits per heavy atom. The largest absolute Gasteiger partial charge is 0.280 e. The third kappa shape index (κ3) is 1.75. The molecule has 24 heavy (non-hydrogen) atoms. The molecule has 0 saturated carbocycles. The van der Waals surface area contributed by atoms with Crippen LogP contribution in [0, 0.1) is 17.0 Å². The number of aromatic amines is 1. The SMILES string of the molecule is Cc1[nH]nc2ncc3c(c12)C(=O)N(c1cccc([N+](=O)[O-])c1)C3=O. The van der Waals surface area contributed by atoms with Crippen molar-refractivity contribution in [3.8, 4) is 0 Å². The van der Waals surface area contributed by atoms with Gasteiger partial charge in [0.2, 0.25) is 0 Å². The number of carbonyl (C=O) groups excluding carboxylic acids is 2. The van der Waals surface area contributed by atoms with E-state index in [0.29, 0.717) is 16.7 Å². The van der Waals surface area contributed by atoms with Crippen molar-refractivity contribution in [2.45, 2.75) is 6.92 Å². The topological polar surface area (TPSA) is 122 Å². The summed E-state index contributed by atoms with van der Waals surface area (Å²) < 4.78 is 0. The van der Waals surface area contributed by atoms with Crippen LogP contribution in [0.1, 0.15) is 26.4 Å². The number of nitro groups is 1. The summed E-state index contributed by atoms with van der Waals surface area (Å²) in [5, 5.41) is 18.1. The second kappa shape index (κ2) is 4.69. The van der Waals surface area contributed by atoms with Crippen LogP contribution in [0.2, 0.25) is 0 Å². The number of H-pyrrole nitrogens is 1. The molecule has 1 aliphatic rings. The second-order valence-corrected chi connectivity index (χ2v) is 5.32. The van der Waals surface area contributed by atoms with E-state index >= 15 is 0 Å². The van der Waals surface area contributed by atoms with E-state index in [0.717, 1.165) is 4.90 Å². The maximum atomic E-state index is 12.8. The molecule has 9 heteroatoms. The van der Waals surface area contributed by atoms with Gasteiger partial charge in [-0.1, -0.05) is 6.07 Å². The molecule has 0 fully saturated rings. The van der Waals surface area contributed by atoms with Crippen LogP contribution < -0.4 is 4.90 Å². The Bertz CT molecular complexity index is 1060. The number of benzene rings is 1. The molecule has 9 nitrogen and oxygen atoms in total. The van der Waals surface area contributed by atoms with Crippen LogP contribution in [0.3, 0.4) is 0 Å². The van der Waals surface area contributed by atoms with Crippen molar-refractivity contribution in [3.05, 3.63) is 57.4 Å². The Hall–Kier alpha value is -3.62. The molecule has 3 heterocycles. The number of carbonyl (C=O) groups is 2. The predicted molar refractivity (Wildman–Crippen MR) is 82.9 cm³/mol. The number of amides is 2. The summed E-state index contributed by atoms with van der Waals surface area (Å²) in [6.07, 6.45) is 1.30. The number of hydrogen-bond acceptors (Lipinski definition) is 6. The number of imide groups is 1. The first-order valence-electron chi connectivity index (χ1n) is 6.96. The standard InChI is InChI=1S/C15H9N5O4/c1-7-11-12-10(6-16-13(11)18-17-7)14(21)19(15(12)22)8-3-2-4-9(5-8)20(23)24/h2-6H,1H3,(H,16,17,18). The monoisotopic (exact) mass is 323 g/mol. The highest BCUT2D eigenvalue weighted by Gasteiger charge is 2.39. The first-order valence-corrected chi connectivity index (χ1v) is 6.96. The molecule has 1 aliphatic heterocycles. The summed E-state index contributed by atoms with van der Waals surface area (Å²) in [6, 6.07) is 5.38. The van der Waals surface area contributed by atoms with Gasteiger partial charge >= 0.3 is 0 Å². The van der Waals surface area contributed by atoms with Gasteiger partial charge < -0.3 is 0 Å². The minimum Gasteiger partial charge on any atom is -0.280 e. The molecule has 1 aromatic carbocycles. The van der Waals surface area contributed by atoms with Crippen LogP contribution in [0.4, 0.5) is 11.4 Å². The average Bonchev–Trinajstić information content (AvgIpc) is 3.06. The molecule has 0 saturated heterocycles. The van der Waals surface area contributed by atoms with Crippen molar-refractivity contribution in [1.29, 1.82) is 0 Å². The van der Waals surface area contributed by atoms with Crippen molar-refractivity contribution < 1.29 is 14.5 Å². The number of nitro benzene ring substituents is 1. The van der Waals surface area contributed by atoms with Crippen LogP contribution in [0.25, 0.3) is 11.0 Å². The summed E-state index contributed by atoms with van der Waals surface area (Å²) in [7, 11) is 0. The highest BCUT2D eigenvalue weighted by atomic mass is 16.6. The number of nitrogens with one attached hydrogen (secondary N) is 1. The molecule has 0 aliphatic carbocycles. The van der Waals surface area contributed by atoms with Crippen LogP contribution in [-0.2, 0) is 0 Å². The minimum atomic E-state index is -0.582. The van der Waals surface area contributed by atoms with E-state index in [4.69, 9.17) is 0 Å². The Balaban J connectivity index is 1.91. The number of non-ortho nitro benzene ring substituents is 1. The summed E-state index contributed by atoms with van der Waals surface area (Å²) in [4.78, 5) is 40.8. The molecule has 4 rings (SSSR count). The summed E-state index contributed by atoms with van der Waals surface area (Å²) in [5.41, 5.74) is 1.27. The van der Waals surface area contributed by atoms with Crippen LogP contribution in [0.5, 0.6) is 0 Å². The normalized spacial score (nSPS) is 13.6. The molecule has 2 aromatic heterocycles. The Labute approximate surface area is 134 Å². The van der Waals surface area contributed by atoms with Crippen molar-refractivity contribution in [2.75, 3.05) is 4.90 Å². The van der Waals surface area contributed by atoms with Crippen LogP contribution in [0.15, 0.2) is 30.5 Å². The lowest BCUT2D eigenvalue weighted by atomic mass is 10.1. The second-order valence-electron chi connectivity index (χ2n) is 5.32. The molecular weight excluding hydrogens is 314 g/mol. The van der Waals surface area contributed by atoms with E-state index in [9.17, 15) is 19.7 Å². The number of pyridine rings is 1. The molecule has 0 unspecified atom stereocenters. The van der Waals surface area contributed by atoms with E-state index in [1.807, 2.05) is 0 Å². The lowest BCUT2D eigenvalue weighted by Gasteiger charge is -2.13. The van der Waals surface area contributed by atoms with Gasteiger partial charge in [0.25, 0.3) is 17.5 Å². The molecule has 2 amide bonds. The highest BCUT2D eigenvalue weighted by molar-refractivity contribution is 6.37. The molecule has 0 spiro atoms. The fourth-order valence-electron chi connectivity index (χ4n) is 2.82. The fourth-order valence-corrected chi connectivity index (χ4v) is 2.82. The zero-order valence-electron chi connectivity index (χ0n) is 12.3. The summed E-state index contributed by atoms with van der Waals surface area (Å²) >= 11 is 0. The number of hydrogen-bond donors (Lipinski definition) is 1. The Morgan fingerprint density at radius 2 is 2.04 bits per heavy atom. The van der Waals surface area contributed by atoms with E-state index in [2.05, 4.69) is 15.2 Å². The van der Waals surface area contributed by atoms with Gasteiger partial charge in [-0.3, -0.25) is 24.8 Å². The molecular formula is C15H9N5O4. The molecule has 0 bridgehead atoms. The quantitative estimate of drug-likeness (QED) is 0.437. The zero-order chi connectivity index (χ0) is 17.0. The van der Waals surface area contributed by atoms with Gasteiger partial charge in [-0.2, -0.15) is 5.10 Å². The van der Waals surface area contributed by atoms with Crippen molar-refractivity contribution in [1.82, 2.24) is 15.2 Å². The molecule has 1 N–H and O–H groups in total. The number of aromatic nitrogens is 3. The first-order chi connectivity index (χ1) is 11.5. The van der Waals surface area contributed by atoms with Crippen molar-refractivity contribution in [3.63, 3.8) is 0 Å². The lowest BCUT2D eigenvalue weighted by molar-refractivity contribution is -0.384. The van der Waals surface area contributed by atoms with Gasteiger partial charge in [-0.25, -0.2) is 9.88 Å². The average molecular weight is 323 g/mol. The third-order valence-electron chi connectivity index (χ3n) is 3.91. The molecule has 118 valence electrons. The van der Waals surface area contributed by atoms with Gasteiger partial charge in [0.1, 0.15) is 0 Å². The van der Waals surface area contributed by atoms with Gasteiger partial charge in [0.05, 0.1) is 27.1 Å². The molecule has 0 radical (unpaired) electrons. The lowest BCUT2D eigenvalue weighted by Crippen LogP contribution is -2.29. The number of rotatable bonds is 2. The number of nitrogens with zero attached hydrogens (tertiary/aromatic N) is 4. The van der Waals surface area contributed by atoms with Gasteiger partial charge in [-0.15, -0.1) is 0 Å². The van der Waals surface area contributed by atoms with Crippen LogP contribution in [-0.4, -0.2) is 31.9 Å². The highest BCUT2D eigenvalue weighted by Crippen LogP contribution is 2.34. The first kappa shape index (κ1) is 14.0. The van der Waals surface area contributed by atoms with Crippen molar-refractivity contribution >= 4 is 34.2 Å². The smallest absolute Gasteiger partial charge is 0.271 e. The third-order valence-corrected chi connectivity index (χ3v) is 3.91. The van der Waals surface area contributed by atoms with Gasteiger partial charge in [-0.05, 0) is 13.0 Å². The molecule has 0 atom stereocenters. The zero-order valence-corrected chi connectivity index (χ0v) is 12.3. The van der Waals surface area contributed by atoms with E-state index in [1.165, 1.54) is 30.5 Å². The maximum Gasteiger partial charge on any atom is 0.271 e. The Morgan fingerprint density at radius 3 is 2.79 bits per heavy atom. The predicted octanol–water partition coefficient (Wildman–Crippen LogP) is 1.98. The minimum absolute atomic E-state index is 0.143. The number of fused-ring (bicyclic) bond motifs is 3. The van der Waals surface area contributed by atoms with Crippen molar-refractivity contribution in [2.24, 2.45) is 0 Å². The number of aryl methyl sites for hydroxylation is 1. The van der Waals surface area contributed by atoms with E-state index in [1.54, 1.807) is 6.92 Å². The summed E-state index contributed by atoms with van der Waals surface area (Å²) in [6.45, 7) is 1.73. The molecule has 3 aromatic rings. The van der Waals surface area contributed by atoms with E-state index < -0.39 is 16.7 Å².